The van der Waals surface area contributed by atoms with Gasteiger partial charge in [0.2, 0.25) is 0 Å². The smallest absolute Gasteiger partial charge is 0.0325 e. The average molecular weight is 225 g/mol. The van der Waals surface area contributed by atoms with Crippen LogP contribution in [0.5, 0.6) is 0 Å². The molecule has 0 saturated heterocycles. The molecule has 0 amide bonds. The van der Waals surface area contributed by atoms with Gasteiger partial charge in [-0.2, -0.15) is 0 Å². The van der Waals surface area contributed by atoms with Crippen LogP contribution in [-0.2, 0) is 32.7 Å². The molecule has 1 aromatic rings. The van der Waals surface area contributed by atoms with E-state index in [0.717, 1.165) is 11.3 Å². The van der Waals surface area contributed by atoms with Crippen molar-refractivity contribution in [2.45, 2.75) is 6.92 Å². The van der Waals surface area contributed by atoms with Gasteiger partial charge in [-0.25, -0.2) is 0 Å². The van der Waals surface area contributed by atoms with Gasteiger partial charge in [0.1, 0.15) is 0 Å². The van der Waals surface area contributed by atoms with Crippen LogP contribution in [0, 0.1) is 6.92 Å². The van der Waals surface area contributed by atoms with Gasteiger partial charge >= 0.3 is 0 Å². The second kappa shape index (κ2) is 4.68. The summed E-state index contributed by atoms with van der Waals surface area (Å²) < 4.78 is 0. The molecule has 1 radical (unpaired) electrons. The summed E-state index contributed by atoms with van der Waals surface area (Å²) >= 11 is 0. The number of aryl methyl sites for hydroxylation is 1. The molecule has 1 aromatic heterocycles. The van der Waals surface area contributed by atoms with E-state index in [1.807, 2.05) is 13.0 Å². The second-order valence-electron chi connectivity index (χ2n) is 2.16. The third-order valence-electron chi connectivity index (χ3n) is 1.29. The number of rotatable bonds is 1. The zero-order valence-electron chi connectivity index (χ0n) is 6.68. The number of anilines is 1. The van der Waals surface area contributed by atoms with Crippen molar-refractivity contribution >= 4 is 11.5 Å². The molecule has 0 bridgehead atoms. The Labute approximate surface area is 91.7 Å². The molecule has 11 heavy (non-hydrogen) atoms. The third-order valence-corrected chi connectivity index (χ3v) is 1.29. The molecule has 0 aliphatic rings. The van der Waals surface area contributed by atoms with Crippen LogP contribution in [0.25, 0.3) is 5.73 Å². The summed E-state index contributed by atoms with van der Waals surface area (Å²) in [5.41, 5.74) is 9.14. The summed E-state index contributed by atoms with van der Waals surface area (Å²) in [4.78, 5) is 3.85. The van der Waals surface area contributed by atoms with Crippen LogP contribution in [-0.4, -0.2) is 12.0 Å². The topological polar surface area (TPSA) is 48.7 Å². The Kier molecular flexibility index (Phi) is 4.61. The molecule has 0 aliphatic carbocycles. The first kappa shape index (κ1) is 10.9. The Morgan fingerprint density at radius 1 is 1.55 bits per heavy atom. The number of nitrogens with one attached hydrogen (secondary N) is 2. The normalized spacial score (nSPS) is 8.55. The first-order valence-electron chi connectivity index (χ1n) is 3.10. The van der Waals surface area contributed by atoms with Gasteiger partial charge in [-0.05, 0) is 18.8 Å². The minimum Gasteiger partial charge on any atom is -0.480 e. The monoisotopic (exact) mass is 225 g/mol. The Morgan fingerprint density at radius 2 is 2.18 bits per heavy atom. The average Bonchev–Trinajstić information content (AvgIpc) is 1.94. The fourth-order valence-corrected chi connectivity index (χ4v) is 0.760. The Bertz CT molecular complexity index is 237. The third kappa shape index (κ3) is 2.75. The minimum atomic E-state index is 0. The van der Waals surface area contributed by atoms with Crippen molar-refractivity contribution in [1.29, 1.82) is 0 Å². The summed E-state index contributed by atoms with van der Waals surface area (Å²) in [6, 6.07) is 1.90. The van der Waals surface area contributed by atoms with E-state index >= 15 is 0 Å². The predicted molar refractivity (Wildman–Crippen MR) is 42.5 cm³/mol. The quantitative estimate of drug-likeness (QED) is 0.795. The van der Waals surface area contributed by atoms with Gasteiger partial charge in [0.05, 0.1) is 0 Å². The maximum absolute atomic E-state index is 7.29. The van der Waals surface area contributed by atoms with E-state index in [0.29, 0.717) is 5.82 Å². The molecule has 0 unspecified atom stereocenters. The van der Waals surface area contributed by atoms with E-state index in [9.17, 15) is 0 Å². The molecular formula is C7H10N3Y-. The number of hydrogen-bond acceptors (Lipinski definition) is 2. The van der Waals surface area contributed by atoms with Crippen molar-refractivity contribution in [3.63, 3.8) is 0 Å². The zero-order chi connectivity index (χ0) is 7.56. The Hall–Kier alpha value is -0.146. The first-order valence-corrected chi connectivity index (χ1v) is 3.10. The van der Waals surface area contributed by atoms with Crippen molar-refractivity contribution in [3.8, 4) is 0 Å². The molecule has 0 spiro atoms. The van der Waals surface area contributed by atoms with E-state index in [1.165, 1.54) is 0 Å². The van der Waals surface area contributed by atoms with E-state index in [1.54, 1.807) is 13.2 Å². The summed E-state index contributed by atoms with van der Waals surface area (Å²) in [5, 5.41) is 2.89. The van der Waals surface area contributed by atoms with Gasteiger partial charge in [0.15, 0.2) is 0 Å². The van der Waals surface area contributed by atoms with Crippen molar-refractivity contribution < 1.29 is 32.7 Å². The predicted octanol–water partition coefficient (Wildman–Crippen LogP) is 2.11. The van der Waals surface area contributed by atoms with E-state index in [2.05, 4.69) is 10.3 Å². The molecular weight excluding hydrogens is 215 g/mol. The molecule has 4 heteroatoms. The first-order chi connectivity index (χ1) is 4.74. The van der Waals surface area contributed by atoms with Crippen LogP contribution in [0.1, 0.15) is 5.56 Å². The fraction of sp³-hybridized carbons (Fsp3) is 0.286. The van der Waals surface area contributed by atoms with Crippen LogP contribution >= 0.6 is 0 Å². The number of pyridine rings is 1. The van der Waals surface area contributed by atoms with Crippen LogP contribution in [0.4, 0.5) is 11.5 Å². The van der Waals surface area contributed by atoms with Gasteiger partial charge in [0, 0.05) is 45.4 Å². The molecule has 0 fully saturated rings. The van der Waals surface area contributed by atoms with Gasteiger partial charge in [0.25, 0.3) is 0 Å². The second-order valence-corrected chi connectivity index (χ2v) is 2.16. The van der Waals surface area contributed by atoms with Crippen LogP contribution in [0.15, 0.2) is 12.3 Å². The van der Waals surface area contributed by atoms with Gasteiger partial charge < -0.3 is 16.0 Å². The molecule has 0 aromatic carbocycles. The van der Waals surface area contributed by atoms with Crippen molar-refractivity contribution in [1.82, 2.24) is 4.98 Å². The SMILES string of the molecule is CNc1cc(C)cnc1[NH-].[Y]. The standard InChI is InChI=1S/C7H10N3.Y/c1-5-3-6(9-2)7(8)10-4-5;/h3-4,9H,1-2H3,(H-,8,10);/q-1;. The van der Waals surface area contributed by atoms with Crippen LogP contribution in [0.3, 0.4) is 0 Å². The van der Waals surface area contributed by atoms with Gasteiger partial charge in [-0.3, -0.25) is 0 Å². The molecule has 3 nitrogen and oxygen atoms in total. The van der Waals surface area contributed by atoms with Crippen LogP contribution in [0.2, 0.25) is 0 Å². The molecule has 0 saturated carbocycles. The van der Waals surface area contributed by atoms with Gasteiger partial charge in [-0.15, -0.1) is 0 Å². The largest absolute Gasteiger partial charge is 0.480 e. The molecule has 0 atom stereocenters. The maximum atomic E-state index is 7.29. The molecule has 0 aliphatic heterocycles. The van der Waals surface area contributed by atoms with E-state index in [-0.39, 0.29) is 32.7 Å². The number of aromatic nitrogens is 1. The van der Waals surface area contributed by atoms with Gasteiger partial charge in [-0.1, -0.05) is 11.8 Å². The van der Waals surface area contributed by atoms with Crippen LogP contribution < -0.4 is 5.32 Å². The summed E-state index contributed by atoms with van der Waals surface area (Å²) in [6.45, 7) is 1.95. The summed E-state index contributed by atoms with van der Waals surface area (Å²) in [7, 11) is 1.79. The van der Waals surface area contributed by atoms with E-state index < -0.39 is 0 Å². The molecule has 1 heterocycles. The molecule has 1 rings (SSSR count). The number of hydrogen-bond donors (Lipinski definition) is 1. The van der Waals surface area contributed by atoms with Crippen molar-refractivity contribution in [2.75, 3.05) is 12.4 Å². The molecule has 57 valence electrons. The minimum absolute atomic E-state index is 0. The summed E-state index contributed by atoms with van der Waals surface area (Å²) in [5.74, 6) is 0.299. The zero-order valence-corrected chi connectivity index (χ0v) is 9.52. The van der Waals surface area contributed by atoms with E-state index in [4.69, 9.17) is 5.73 Å². The summed E-state index contributed by atoms with van der Waals surface area (Å²) in [6.07, 6.45) is 1.68. The Balaban J connectivity index is 0.000001000. The maximum Gasteiger partial charge on any atom is 0.0325 e. The molecule has 2 N–H and O–H groups in total. The Morgan fingerprint density at radius 3 is 2.64 bits per heavy atom. The van der Waals surface area contributed by atoms with Crippen molar-refractivity contribution in [2.24, 2.45) is 0 Å². The fourth-order valence-electron chi connectivity index (χ4n) is 0.760. The number of nitrogens with zero attached hydrogens (tertiary/aromatic N) is 1. The van der Waals surface area contributed by atoms with Crippen molar-refractivity contribution in [3.05, 3.63) is 23.6 Å².